The van der Waals surface area contributed by atoms with Crippen molar-refractivity contribution in [2.24, 2.45) is 0 Å². The van der Waals surface area contributed by atoms with E-state index < -0.39 is 0 Å². The Morgan fingerprint density at radius 3 is 2.68 bits per heavy atom. The minimum Gasteiger partial charge on any atom is -0.379 e. The van der Waals surface area contributed by atoms with Crippen molar-refractivity contribution in [3.8, 4) is 0 Å². The molecule has 1 saturated heterocycles. The largest absolute Gasteiger partial charge is 0.379 e. The number of nitrogens with zero attached hydrogens (tertiary/aromatic N) is 1. The van der Waals surface area contributed by atoms with Crippen LogP contribution in [0.2, 0.25) is 0 Å². The summed E-state index contributed by atoms with van der Waals surface area (Å²) in [6.45, 7) is 6.99. The molecule has 19 heavy (non-hydrogen) atoms. The summed E-state index contributed by atoms with van der Waals surface area (Å²) in [5.74, 6) is 0. The maximum atomic E-state index is 5.56. The standard InChI is InChI=1S/C16H26N2O/c1-12-5-6-14(9-13(12)2)16(18(3)4)10-15-11-19-8-7-17-15/h5-6,9,15-17H,7-8,10-11H2,1-4H3. The van der Waals surface area contributed by atoms with E-state index in [1.807, 2.05) is 0 Å². The first kappa shape index (κ1) is 14.5. The number of hydrogen-bond acceptors (Lipinski definition) is 3. The van der Waals surface area contributed by atoms with Crippen LogP contribution in [0.1, 0.15) is 29.2 Å². The van der Waals surface area contributed by atoms with Gasteiger partial charge in [0.25, 0.3) is 0 Å². The van der Waals surface area contributed by atoms with E-state index >= 15 is 0 Å². The molecule has 0 spiro atoms. The second-order valence-corrected chi connectivity index (χ2v) is 5.78. The third kappa shape index (κ3) is 3.78. The van der Waals surface area contributed by atoms with Crippen molar-refractivity contribution in [3.63, 3.8) is 0 Å². The lowest BCUT2D eigenvalue weighted by molar-refractivity contribution is 0.0648. The minimum atomic E-state index is 0.443. The van der Waals surface area contributed by atoms with E-state index in [0.717, 1.165) is 26.2 Å². The molecule has 1 N–H and O–H groups in total. The predicted octanol–water partition coefficient (Wildman–Crippen LogP) is 2.28. The first-order chi connectivity index (χ1) is 9.08. The molecule has 1 aromatic rings. The summed E-state index contributed by atoms with van der Waals surface area (Å²) in [4.78, 5) is 2.31. The van der Waals surface area contributed by atoms with Crippen molar-refractivity contribution in [3.05, 3.63) is 34.9 Å². The normalized spacial score (nSPS) is 21.6. The van der Waals surface area contributed by atoms with E-state index in [0.29, 0.717) is 12.1 Å². The minimum absolute atomic E-state index is 0.443. The molecule has 2 atom stereocenters. The van der Waals surface area contributed by atoms with E-state index in [1.54, 1.807) is 0 Å². The van der Waals surface area contributed by atoms with Gasteiger partial charge in [-0.05, 0) is 51.1 Å². The molecular weight excluding hydrogens is 236 g/mol. The summed E-state index contributed by atoms with van der Waals surface area (Å²) in [6, 6.07) is 7.72. The van der Waals surface area contributed by atoms with E-state index in [-0.39, 0.29) is 0 Å². The van der Waals surface area contributed by atoms with Crippen molar-refractivity contribution < 1.29 is 4.74 Å². The Morgan fingerprint density at radius 2 is 2.11 bits per heavy atom. The maximum absolute atomic E-state index is 5.56. The molecule has 1 fully saturated rings. The van der Waals surface area contributed by atoms with E-state index in [1.165, 1.54) is 16.7 Å². The summed E-state index contributed by atoms with van der Waals surface area (Å²) < 4.78 is 5.56. The molecule has 0 aromatic heterocycles. The molecule has 106 valence electrons. The van der Waals surface area contributed by atoms with Crippen molar-refractivity contribution in [2.45, 2.75) is 32.4 Å². The highest BCUT2D eigenvalue weighted by Gasteiger charge is 2.22. The quantitative estimate of drug-likeness (QED) is 0.901. The highest BCUT2D eigenvalue weighted by atomic mass is 16.5. The molecule has 0 radical (unpaired) electrons. The number of benzene rings is 1. The van der Waals surface area contributed by atoms with Gasteiger partial charge in [0.15, 0.2) is 0 Å². The van der Waals surface area contributed by atoms with Gasteiger partial charge in [-0.3, -0.25) is 0 Å². The van der Waals surface area contributed by atoms with Crippen LogP contribution < -0.4 is 5.32 Å². The lowest BCUT2D eigenvalue weighted by Crippen LogP contribution is -2.43. The molecule has 2 rings (SSSR count). The molecule has 1 aliphatic rings. The van der Waals surface area contributed by atoms with Gasteiger partial charge in [0, 0.05) is 18.6 Å². The second kappa shape index (κ2) is 6.51. The third-order valence-corrected chi connectivity index (χ3v) is 4.05. The lowest BCUT2D eigenvalue weighted by Gasteiger charge is -2.32. The summed E-state index contributed by atoms with van der Waals surface area (Å²) in [7, 11) is 4.31. The van der Waals surface area contributed by atoms with Gasteiger partial charge in [0.2, 0.25) is 0 Å². The van der Waals surface area contributed by atoms with Gasteiger partial charge in [-0.1, -0.05) is 18.2 Å². The third-order valence-electron chi connectivity index (χ3n) is 4.05. The molecule has 0 aliphatic carbocycles. The van der Waals surface area contributed by atoms with Gasteiger partial charge in [0.1, 0.15) is 0 Å². The number of nitrogens with one attached hydrogen (secondary N) is 1. The van der Waals surface area contributed by atoms with E-state index in [9.17, 15) is 0 Å². The first-order valence-corrected chi connectivity index (χ1v) is 7.12. The van der Waals surface area contributed by atoms with Crippen LogP contribution in [-0.4, -0.2) is 44.8 Å². The Kier molecular flexibility index (Phi) is 4.97. The lowest BCUT2D eigenvalue weighted by atomic mass is 9.95. The van der Waals surface area contributed by atoms with Gasteiger partial charge >= 0.3 is 0 Å². The summed E-state index contributed by atoms with van der Waals surface area (Å²) >= 11 is 0. The fraction of sp³-hybridized carbons (Fsp3) is 0.625. The molecule has 1 heterocycles. The van der Waals surface area contributed by atoms with Crippen molar-refractivity contribution in [2.75, 3.05) is 33.9 Å². The monoisotopic (exact) mass is 262 g/mol. The Hall–Kier alpha value is -0.900. The Bertz CT molecular complexity index is 411. The SMILES string of the molecule is Cc1ccc(C(CC2COCCN2)N(C)C)cc1C. The maximum Gasteiger partial charge on any atom is 0.0620 e. The molecule has 0 amide bonds. The van der Waals surface area contributed by atoms with Gasteiger partial charge in [0.05, 0.1) is 13.2 Å². The molecule has 1 aromatic carbocycles. The van der Waals surface area contributed by atoms with Crippen LogP contribution in [-0.2, 0) is 4.74 Å². The molecule has 0 bridgehead atoms. The first-order valence-electron chi connectivity index (χ1n) is 7.12. The molecule has 0 saturated carbocycles. The molecular formula is C16H26N2O. The summed E-state index contributed by atoms with van der Waals surface area (Å²) in [6.07, 6.45) is 1.09. The number of morpholine rings is 1. The Labute approximate surface area is 116 Å². The van der Waals surface area contributed by atoms with Crippen molar-refractivity contribution in [1.29, 1.82) is 0 Å². The molecule has 2 unspecified atom stereocenters. The van der Waals surface area contributed by atoms with Crippen molar-refractivity contribution in [1.82, 2.24) is 10.2 Å². The highest BCUT2D eigenvalue weighted by Crippen LogP contribution is 2.26. The number of aryl methyl sites for hydroxylation is 2. The zero-order valence-electron chi connectivity index (χ0n) is 12.6. The van der Waals surface area contributed by atoms with Crippen LogP contribution >= 0.6 is 0 Å². The van der Waals surface area contributed by atoms with Gasteiger partial charge < -0.3 is 15.0 Å². The Morgan fingerprint density at radius 1 is 1.32 bits per heavy atom. The van der Waals surface area contributed by atoms with Crippen LogP contribution in [0.25, 0.3) is 0 Å². The molecule has 1 aliphatic heterocycles. The Balaban J connectivity index is 2.12. The topological polar surface area (TPSA) is 24.5 Å². The number of ether oxygens (including phenoxy) is 1. The van der Waals surface area contributed by atoms with Gasteiger partial charge in [-0.25, -0.2) is 0 Å². The smallest absolute Gasteiger partial charge is 0.0620 e. The number of rotatable bonds is 4. The van der Waals surface area contributed by atoms with E-state index in [2.05, 4.69) is 56.4 Å². The average Bonchev–Trinajstić information content (AvgIpc) is 2.40. The van der Waals surface area contributed by atoms with Crippen molar-refractivity contribution >= 4 is 0 Å². The number of hydrogen-bond donors (Lipinski definition) is 1. The average molecular weight is 262 g/mol. The van der Waals surface area contributed by atoms with Crippen LogP contribution in [0, 0.1) is 13.8 Å². The molecule has 3 heteroatoms. The van der Waals surface area contributed by atoms with Gasteiger partial charge in [-0.15, -0.1) is 0 Å². The molecule has 3 nitrogen and oxygen atoms in total. The van der Waals surface area contributed by atoms with Gasteiger partial charge in [-0.2, -0.15) is 0 Å². The van der Waals surface area contributed by atoms with Crippen LogP contribution in [0.4, 0.5) is 0 Å². The zero-order valence-corrected chi connectivity index (χ0v) is 12.6. The fourth-order valence-electron chi connectivity index (χ4n) is 2.66. The van der Waals surface area contributed by atoms with Crippen LogP contribution in [0.15, 0.2) is 18.2 Å². The zero-order chi connectivity index (χ0) is 13.8. The summed E-state index contributed by atoms with van der Waals surface area (Å²) in [5, 5.41) is 3.55. The van der Waals surface area contributed by atoms with Crippen LogP contribution in [0.3, 0.4) is 0 Å². The van der Waals surface area contributed by atoms with E-state index in [4.69, 9.17) is 4.74 Å². The van der Waals surface area contributed by atoms with Crippen LogP contribution in [0.5, 0.6) is 0 Å². The second-order valence-electron chi connectivity index (χ2n) is 5.78. The predicted molar refractivity (Wildman–Crippen MR) is 79.6 cm³/mol. The summed E-state index contributed by atoms with van der Waals surface area (Å²) in [5.41, 5.74) is 4.14. The fourth-order valence-corrected chi connectivity index (χ4v) is 2.66. The highest BCUT2D eigenvalue weighted by molar-refractivity contribution is 5.31.